The van der Waals surface area contributed by atoms with Crippen molar-refractivity contribution in [3.05, 3.63) is 76.6 Å². The minimum atomic E-state index is -0.923. The third-order valence-corrected chi connectivity index (χ3v) is 9.12. The van der Waals surface area contributed by atoms with Gasteiger partial charge in [0.2, 0.25) is 0 Å². The van der Waals surface area contributed by atoms with Crippen LogP contribution in [-0.4, -0.2) is 67.7 Å². The fourth-order valence-electron chi connectivity index (χ4n) is 5.27. The summed E-state index contributed by atoms with van der Waals surface area (Å²) in [5.41, 5.74) is 4.36. The smallest absolute Gasteiger partial charge is 0.407 e. The third-order valence-electron chi connectivity index (χ3n) is 7.62. The van der Waals surface area contributed by atoms with Gasteiger partial charge in [-0.1, -0.05) is 29.8 Å². The number of esters is 1. The summed E-state index contributed by atoms with van der Waals surface area (Å²) in [5, 5.41) is 14.6. The standard InChI is InChI=1S/C31H30ClN5O6S/c1-18(22-5-4-6-25(28(22)32)43-21-9-11-36(12-10-21)31(39)40)42-26-14-27(44-29(26)30(38)41-3)37-17-33-23-13-19(7-8-24(23)37)20-15-34-35(2)16-20/h4-8,13-18,21H,9-12H2,1-3H3,(H,39,40)/t18-/m1/s1. The van der Waals surface area contributed by atoms with Crippen LogP contribution in [0, 0.1) is 0 Å². The fourth-order valence-corrected chi connectivity index (χ4v) is 6.59. The van der Waals surface area contributed by atoms with Crippen LogP contribution < -0.4 is 9.47 Å². The molecule has 0 spiro atoms. The lowest BCUT2D eigenvalue weighted by molar-refractivity contribution is 0.0599. The van der Waals surface area contributed by atoms with Gasteiger partial charge in [-0.3, -0.25) is 9.25 Å². The Labute approximate surface area is 262 Å². The van der Waals surface area contributed by atoms with Crippen LogP contribution in [0.2, 0.25) is 5.02 Å². The Morgan fingerprint density at radius 3 is 2.61 bits per heavy atom. The van der Waals surface area contributed by atoms with Crippen molar-refractivity contribution < 1.29 is 28.9 Å². The molecule has 0 radical (unpaired) electrons. The summed E-state index contributed by atoms with van der Waals surface area (Å²) in [7, 11) is 3.21. The van der Waals surface area contributed by atoms with Crippen LogP contribution >= 0.6 is 22.9 Å². The Morgan fingerprint density at radius 1 is 1.11 bits per heavy atom. The molecule has 0 unspecified atom stereocenters. The number of nitrogens with zero attached hydrogens (tertiary/aromatic N) is 5. The predicted octanol–water partition coefficient (Wildman–Crippen LogP) is 6.59. The number of aryl methyl sites for hydroxylation is 1. The first-order valence-electron chi connectivity index (χ1n) is 14.0. The number of carboxylic acid groups (broad SMARTS) is 1. The van der Waals surface area contributed by atoms with E-state index < -0.39 is 18.2 Å². The van der Waals surface area contributed by atoms with E-state index in [1.54, 1.807) is 23.1 Å². The average molecular weight is 636 g/mol. The van der Waals surface area contributed by atoms with Gasteiger partial charge in [-0.15, -0.1) is 11.3 Å². The molecule has 0 bridgehead atoms. The van der Waals surface area contributed by atoms with E-state index in [1.165, 1.54) is 23.3 Å². The second-order valence-corrected chi connectivity index (χ2v) is 11.9. The Balaban J connectivity index is 1.24. The number of amides is 1. The van der Waals surface area contributed by atoms with Crippen molar-refractivity contribution in [3.63, 3.8) is 0 Å². The minimum Gasteiger partial charge on any atom is -0.489 e. The summed E-state index contributed by atoms with van der Waals surface area (Å²) in [6, 6.07) is 13.3. The quantitative estimate of drug-likeness (QED) is 0.190. The largest absolute Gasteiger partial charge is 0.489 e. The van der Waals surface area contributed by atoms with Crippen LogP contribution in [0.3, 0.4) is 0 Å². The highest BCUT2D eigenvalue weighted by Crippen LogP contribution is 2.40. The van der Waals surface area contributed by atoms with Crippen LogP contribution in [0.4, 0.5) is 4.79 Å². The number of fused-ring (bicyclic) bond motifs is 1. The van der Waals surface area contributed by atoms with Gasteiger partial charge in [0.25, 0.3) is 0 Å². The fraction of sp³-hybridized carbons (Fsp3) is 0.290. The van der Waals surface area contributed by atoms with Crippen molar-refractivity contribution in [2.75, 3.05) is 20.2 Å². The maximum atomic E-state index is 12.8. The molecule has 2 aromatic carbocycles. The number of carbonyl (C=O) groups excluding carboxylic acids is 1. The van der Waals surface area contributed by atoms with Crippen LogP contribution in [0.5, 0.6) is 11.5 Å². The molecule has 1 N–H and O–H groups in total. The number of rotatable bonds is 8. The molecule has 44 heavy (non-hydrogen) atoms. The van der Waals surface area contributed by atoms with Crippen LogP contribution in [0.25, 0.3) is 27.2 Å². The van der Waals surface area contributed by atoms with Crippen molar-refractivity contribution in [1.82, 2.24) is 24.2 Å². The maximum absolute atomic E-state index is 12.8. The van der Waals surface area contributed by atoms with Gasteiger partial charge < -0.3 is 24.2 Å². The maximum Gasteiger partial charge on any atom is 0.407 e. The second-order valence-electron chi connectivity index (χ2n) is 10.5. The van der Waals surface area contributed by atoms with Gasteiger partial charge in [0.05, 0.1) is 29.4 Å². The number of thiophene rings is 1. The number of ether oxygens (including phenoxy) is 3. The summed E-state index contributed by atoms with van der Waals surface area (Å²) >= 11 is 8.04. The summed E-state index contributed by atoms with van der Waals surface area (Å²) in [6.45, 7) is 2.66. The number of hydrogen-bond acceptors (Lipinski definition) is 8. The Morgan fingerprint density at radius 2 is 1.91 bits per heavy atom. The number of carbonyl (C=O) groups is 2. The highest BCUT2D eigenvalue weighted by atomic mass is 35.5. The van der Waals surface area contributed by atoms with Crippen LogP contribution in [-0.2, 0) is 11.8 Å². The number of imidazole rings is 1. The second kappa shape index (κ2) is 12.2. The van der Waals surface area contributed by atoms with E-state index in [0.717, 1.165) is 27.2 Å². The van der Waals surface area contributed by atoms with E-state index in [9.17, 15) is 14.7 Å². The van der Waals surface area contributed by atoms with Crippen molar-refractivity contribution in [2.45, 2.75) is 32.0 Å². The number of benzene rings is 2. The molecule has 6 rings (SSSR count). The summed E-state index contributed by atoms with van der Waals surface area (Å²) in [5.74, 6) is 0.354. The number of aromatic nitrogens is 4. The van der Waals surface area contributed by atoms with Crippen molar-refractivity contribution in [1.29, 1.82) is 0 Å². The molecule has 228 valence electrons. The zero-order chi connectivity index (χ0) is 31.0. The van der Waals surface area contributed by atoms with Gasteiger partial charge in [0.1, 0.15) is 35.0 Å². The number of hydrogen-bond donors (Lipinski definition) is 1. The average Bonchev–Trinajstić information content (AvgIpc) is 3.76. The third kappa shape index (κ3) is 5.82. The molecule has 4 heterocycles. The number of methoxy groups -OCH3 is 1. The normalized spacial score (nSPS) is 14.5. The molecule has 5 aromatic rings. The highest BCUT2D eigenvalue weighted by molar-refractivity contribution is 7.16. The summed E-state index contributed by atoms with van der Waals surface area (Å²) in [4.78, 5) is 30.3. The SMILES string of the molecule is COC(=O)c1sc(-n2cnc3cc(-c4cnn(C)c4)ccc32)cc1O[C@H](C)c1cccc(OC2CCN(C(=O)O)CC2)c1Cl. The topological polar surface area (TPSA) is 121 Å². The number of piperidine rings is 1. The molecule has 11 nitrogen and oxygen atoms in total. The van der Waals surface area contributed by atoms with Gasteiger partial charge in [0, 0.05) is 56.4 Å². The van der Waals surface area contributed by atoms with Crippen molar-refractivity contribution in [2.24, 2.45) is 7.05 Å². The van der Waals surface area contributed by atoms with Crippen LogP contribution in [0.1, 0.15) is 41.1 Å². The summed E-state index contributed by atoms with van der Waals surface area (Å²) < 4.78 is 21.3. The Bertz CT molecular complexity index is 1840. The summed E-state index contributed by atoms with van der Waals surface area (Å²) in [6.07, 6.45) is 5.02. The number of halogens is 1. The molecule has 1 aliphatic rings. The first-order valence-corrected chi connectivity index (χ1v) is 15.2. The van der Waals surface area contributed by atoms with Gasteiger partial charge in [0.15, 0.2) is 4.88 Å². The molecule has 0 aliphatic carbocycles. The molecular weight excluding hydrogens is 606 g/mol. The van der Waals surface area contributed by atoms with Gasteiger partial charge >= 0.3 is 12.1 Å². The van der Waals surface area contributed by atoms with E-state index in [0.29, 0.717) is 52.9 Å². The highest BCUT2D eigenvalue weighted by Gasteiger charge is 2.26. The molecule has 1 aliphatic heterocycles. The zero-order valence-corrected chi connectivity index (χ0v) is 25.8. The molecule has 1 amide bonds. The molecule has 1 saturated heterocycles. The number of likely N-dealkylation sites (tertiary alicyclic amines) is 1. The van der Waals surface area contributed by atoms with Gasteiger partial charge in [-0.2, -0.15) is 5.10 Å². The van der Waals surface area contributed by atoms with Gasteiger partial charge in [-0.05, 0) is 30.7 Å². The van der Waals surface area contributed by atoms with E-state index in [2.05, 4.69) is 10.1 Å². The first-order chi connectivity index (χ1) is 21.2. The monoisotopic (exact) mass is 635 g/mol. The van der Waals surface area contributed by atoms with E-state index in [1.807, 2.05) is 61.3 Å². The van der Waals surface area contributed by atoms with E-state index in [-0.39, 0.29) is 6.10 Å². The molecule has 3 aromatic heterocycles. The van der Waals surface area contributed by atoms with E-state index in [4.69, 9.17) is 25.8 Å². The molecular formula is C31H30ClN5O6S. The van der Waals surface area contributed by atoms with Crippen molar-refractivity contribution >= 4 is 46.0 Å². The first kappa shape index (κ1) is 29.5. The van der Waals surface area contributed by atoms with Crippen LogP contribution in [0.15, 0.2) is 61.2 Å². The molecule has 1 atom stereocenters. The predicted molar refractivity (Wildman–Crippen MR) is 166 cm³/mol. The lowest BCUT2D eigenvalue weighted by atomic mass is 10.1. The lowest BCUT2D eigenvalue weighted by Gasteiger charge is -2.30. The minimum absolute atomic E-state index is 0.148. The van der Waals surface area contributed by atoms with Crippen molar-refractivity contribution in [3.8, 4) is 27.6 Å². The molecule has 0 saturated carbocycles. The van der Waals surface area contributed by atoms with Gasteiger partial charge in [-0.25, -0.2) is 14.6 Å². The molecule has 13 heteroatoms. The zero-order valence-electron chi connectivity index (χ0n) is 24.3. The van der Waals surface area contributed by atoms with E-state index >= 15 is 0 Å². The Kier molecular flexibility index (Phi) is 8.19. The Hall–Kier alpha value is -4.55. The molecule has 1 fully saturated rings. The lowest BCUT2D eigenvalue weighted by Crippen LogP contribution is -2.41.